The van der Waals surface area contributed by atoms with Crippen molar-refractivity contribution in [2.24, 2.45) is 0 Å². The van der Waals surface area contributed by atoms with Gasteiger partial charge in [0.25, 0.3) is 0 Å². The smallest absolute Gasteiger partial charge is 0.385 e. The van der Waals surface area contributed by atoms with Gasteiger partial charge >= 0.3 is 6.18 Å². The topological polar surface area (TPSA) is 43.8 Å². The lowest BCUT2D eigenvalue weighted by Crippen LogP contribution is -2.49. The molecule has 4 aromatic carbocycles. The summed E-state index contributed by atoms with van der Waals surface area (Å²) in [7, 11) is 0. The Balaban J connectivity index is 1.37. The van der Waals surface area contributed by atoms with Crippen LogP contribution in [0.1, 0.15) is 51.9 Å². The third-order valence-electron chi connectivity index (χ3n) is 8.43. The minimum atomic E-state index is -4.53. The fourth-order valence-corrected chi connectivity index (χ4v) is 5.91. The number of nitrogens with zero attached hydrogens (tertiary/aromatic N) is 2. The molecule has 1 saturated heterocycles. The van der Waals surface area contributed by atoms with Gasteiger partial charge in [0.15, 0.2) is 12.1 Å². The van der Waals surface area contributed by atoms with Crippen molar-refractivity contribution in [3.05, 3.63) is 143 Å². The van der Waals surface area contributed by atoms with Crippen LogP contribution in [0.25, 0.3) is 0 Å². The summed E-state index contributed by atoms with van der Waals surface area (Å²) in [4.78, 5) is 17.6. The number of halogens is 4. The van der Waals surface area contributed by atoms with Gasteiger partial charge in [-0.2, -0.15) is 13.2 Å². The van der Waals surface area contributed by atoms with E-state index in [1.807, 2.05) is 71.6 Å². The summed E-state index contributed by atoms with van der Waals surface area (Å²) in [5.41, 5.74) is 0.337. The van der Waals surface area contributed by atoms with Crippen LogP contribution < -0.4 is 0 Å². The number of hydrogen-bond acceptors (Lipinski definition) is 4. The highest BCUT2D eigenvalue weighted by atomic mass is 19.4. The molecule has 0 aromatic heterocycles. The first-order valence-electron chi connectivity index (χ1n) is 14.8. The van der Waals surface area contributed by atoms with Crippen LogP contribution in [-0.4, -0.2) is 46.1 Å². The van der Waals surface area contributed by atoms with Crippen LogP contribution >= 0.6 is 0 Å². The molecule has 1 N–H and O–H groups in total. The van der Waals surface area contributed by atoms with Gasteiger partial charge in [0.05, 0.1) is 17.2 Å². The Morgan fingerprint density at radius 3 is 1.84 bits per heavy atom. The van der Waals surface area contributed by atoms with Crippen molar-refractivity contribution in [2.75, 3.05) is 13.1 Å². The zero-order valence-corrected chi connectivity index (χ0v) is 24.3. The van der Waals surface area contributed by atoms with Crippen LogP contribution in [0.4, 0.5) is 17.6 Å². The molecule has 0 amide bonds. The highest BCUT2D eigenvalue weighted by Gasteiger charge is 2.40. The zero-order chi connectivity index (χ0) is 31.2. The molecule has 0 spiro atoms. The molecule has 0 bridgehead atoms. The number of carbonyl (C=O) groups excluding carboxylic acids is 1. The Hall–Kier alpha value is -3.85. The highest BCUT2D eigenvalue weighted by Crippen LogP contribution is 2.37. The molecule has 2 unspecified atom stereocenters. The quantitative estimate of drug-likeness (QED) is 0.109. The van der Waals surface area contributed by atoms with E-state index in [-0.39, 0.29) is 43.7 Å². The lowest BCUT2D eigenvalue weighted by Gasteiger charge is -2.41. The average molecular weight is 605 g/mol. The third-order valence-corrected chi connectivity index (χ3v) is 8.43. The standard InChI is InChI=1S/C36H36F4N2O2/c37-33(41-21-19-35(44,20-22-41)30-17-10-18-31(23-30)36(38,39)40)24-32(34(43)29-15-8-3-9-16-29)42(25-27-11-4-1-5-12-27)26-28-13-6-2-7-14-28/h1-18,23,32-33,44H,19-22,24-26H2. The molecule has 0 aliphatic carbocycles. The van der Waals surface area contributed by atoms with E-state index in [2.05, 4.69) is 0 Å². The highest BCUT2D eigenvalue weighted by molar-refractivity contribution is 6.00. The van der Waals surface area contributed by atoms with Crippen molar-refractivity contribution in [1.82, 2.24) is 9.80 Å². The van der Waals surface area contributed by atoms with E-state index in [1.165, 1.54) is 12.1 Å². The fourth-order valence-electron chi connectivity index (χ4n) is 5.91. The van der Waals surface area contributed by atoms with Gasteiger partial charge in [-0.15, -0.1) is 0 Å². The number of carbonyl (C=O) groups is 1. The second-order valence-corrected chi connectivity index (χ2v) is 11.4. The molecule has 8 heteroatoms. The molecule has 5 rings (SSSR count). The monoisotopic (exact) mass is 604 g/mol. The maximum Gasteiger partial charge on any atom is 0.416 e. The number of hydrogen-bond donors (Lipinski definition) is 1. The van der Waals surface area contributed by atoms with E-state index in [1.54, 1.807) is 29.2 Å². The first-order valence-corrected chi connectivity index (χ1v) is 14.8. The average Bonchev–Trinajstić information content (AvgIpc) is 3.04. The second-order valence-electron chi connectivity index (χ2n) is 11.4. The van der Waals surface area contributed by atoms with Crippen molar-refractivity contribution < 1.29 is 27.5 Å². The van der Waals surface area contributed by atoms with Gasteiger partial charge in [0.1, 0.15) is 0 Å². The SMILES string of the molecule is O=C(c1ccccc1)C(CC(F)N1CCC(O)(c2cccc(C(F)(F)F)c2)CC1)N(Cc1ccccc1)Cc1ccccc1. The summed E-state index contributed by atoms with van der Waals surface area (Å²) >= 11 is 0. The molecule has 1 fully saturated rings. The predicted molar refractivity (Wildman–Crippen MR) is 162 cm³/mol. The first-order chi connectivity index (χ1) is 21.1. The molecule has 1 heterocycles. The largest absolute Gasteiger partial charge is 0.416 e. The summed E-state index contributed by atoms with van der Waals surface area (Å²) in [6, 6.07) is 32.3. The maximum atomic E-state index is 16.2. The summed E-state index contributed by atoms with van der Waals surface area (Å²) in [6.45, 7) is 1.14. The molecular weight excluding hydrogens is 568 g/mol. The Labute approximate surface area is 255 Å². The lowest BCUT2D eigenvalue weighted by molar-refractivity contribution is -0.137. The normalized spacial score (nSPS) is 16.9. The Morgan fingerprint density at radius 2 is 1.32 bits per heavy atom. The first kappa shape index (κ1) is 31.6. The number of likely N-dealkylation sites (tertiary alicyclic amines) is 1. The van der Waals surface area contributed by atoms with Crippen LogP contribution in [0.3, 0.4) is 0 Å². The minimum Gasteiger partial charge on any atom is -0.385 e. The fraction of sp³-hybridized carbons (Fsp3) is 0.306. The summed E-state index contributed by atoms with van der Waals surface area (Å²) in [6.07, 6.45) is -5.99. The molecule has 1 aliphatic rings. The van der Waals surface area contributed by atoms with E-state index < -0.39 is 29.7 Å². The van der Waals surface area contributed by atoms with Crippen LogP contribution in [0.15, 0.2) is 115 Å². The van der Waals surface area contributed by atoms with Gasteiger partial charge in [0.2, 0.25) is 0 Å². The predicted octanol–water partition coefficient (Wildman–Crippen LogP) is 7.63. The molecule has 230 valence electrons. The summed E-state index contributed by atoms with van der Waals surface area (Å²) < 4.78 is 56.2. The van der Waals surface area contributed by atoms with Crippen LogP contribution in [0.2, 0.25) is 0 Å². The number of aliphatic hydroxyl groups is 1. The Kier molecular flexibility index (Phi) is 9.93. The molecule has 0 radical (unpaired) electrons. The third kappa shape index (κ3) is 7.80. The number of piperidine rings is 1. The van der Waals surface area contributed by atoms with Gasteiger partial charge in [-0.25, -0.2) is 4.39 Å². The molecule has 1 aliphatic heterocycles. The Morgan fingerprint density at radius 1 is 0.795 bits per heavy atom. The molecule has 4 nitrogen and oxygen atoms in total. The maximum absolute atomic E-state index is 16.2. The van der Waals surface area contributed by atoms with Crippen molar-refractivity contribution in [3.63, 3.8) is 0 Å². The van der Waals surface area contributed by atoms with Crippen molar-refractivity contribution >= 4 is 5.78 Å². The van der Waals surface area contributed by atoms with E-state index in [0.29, 0.717) is 18.7 Å². The molecular formula is C36H36F4N2O2. The Bertz CT molecular complexity index is 1450. The van der Waals surface area contributed by atoms with Gasteiger partial charge in [0, 0.05) is 38.2 Å². The van der Waals surface area contributed by atoms with Crippen LogP contribution in [0, 0.1) is 0 Å². The second kappa shape index (κ2) is 13.8. The van der Waals surface area contributed by atoms with E-state index in [4.69, 9.17) is 0 Å². The number of Topliss-reactive ketones (excluding diaryl/α,β-unsaturated/α-hetero) is 1. The number of rotatable bonds is 11. The van der Waals surface area contributed by atoms with Crippen molar-refractivity contribution in [3.8, 4) is 0 Å². The molecule has 4 aromatic rings. The number of ketones is 1. The van der Waals surface area contributed by atoms with Gasteiger partial charge in [-0.1, -0.05) is 103 Å². The van der Waals surface area contributed by atoms with Crippen molar-refractivity contribution in [2.45, 2.75) is 56.5 Å². The van der Waals surface area contributed by atoms with Gasteiger partial charge in [-0.05, 0) is 41.7 Å². The molecule has 2 atom stereocenters. The molecule has 0 saturated carbocycles. The van der Waals surface area contributed by atoms with Gasteiger partial charge < -0.3 is 5.11 Å². The summed E-state index contributed by atoms with van der Waals surface area (Å²) in [5.74, 6) is -0.183. The van der Waals surface area contributed by atoms with E-state index >= 15 is 4.39 Å². The zero-order valence-electron chi connectivity index (χ0n) is 24.3. The van der Waals surface area contributed by atoms with Crippen molar-refractivity contribution in [1.29, 1.82) is 0 Å². The minimum absolute atomic E-state index is 0.0732. The van der Waals surface area contributed by atoms with Crippen LogP contribution in [-0.2, 0) is 24.9 Å². The van der Waals surface area contributed by atoms with Gasteiger partial charge in [-0.3, -0.25) is 14.6 Å². The van der Waals surface area contributed by atoms with E-state index in [0.717, 1.165) is 23.3 Å². The van der Waals surface area contributed by atoms with E-state index in [9.17, 15) is 23.1 Å². The number of benzene rings is 4. The van der Waals surface area contributed by atoms with Crippen LogP contribution in [0.5, 0.6) is 0 Å². The number of alkyl halides is 4. The summed E-state index contributed by atoms with van der Waals surface area (Å²) in [5, 5.41) is 11.3. The molecule has 44 heavy (non-hydrogen) atoms. The lowest BCUT2D eigenvalue weighted by atomic mass is 9.83.